The van der Waals surface area contributed by atoms with Crippen molar-refractivity contribution in [2.45, 2.75) is 5.03 Å². The summed E-state index contributed by atoms with van der Waals surface area (Å²) in [6, 6.07) is 8.91. The van der Waals surface area contributed by atoms with E-state index in [-0.39, 0.29) is 5.91 Å². The molecule has 1 amide bonds. The highest BCUT2D eigenvalue weighted by molar-refractivity contribution is 7.99. The second kappa shape index (κ2) is 10.3. The first-order valence-corrected chi connectivity index (χ1v) is 10.1. The molecule has 2 aromatic rings. The Hall–Kier alpha value is -2.29. The summed E-state index contributed by atoms with van der Waals surface area (Å²) < 4.78 is 15.8. The standard InChI is InChI=1S/C20H25N3O4S/c1-25-16-4-5-17(18(13-16)26-2)22-20(24)15-3-6-19(21-14-15)28-12-9-23-7-10-27-11-8-23/h3-6,13-14H,7-12H2,1-2H3,(H,22,24). The summed E-state index contributed by atoms with van der Waals surface area (Å²) in [5.74, 6) is 1.92. The predicted octanol–water partition coefficient (Wildman–Crippen LogP) is 2.78. The predicted molar refractivity (Wildman–Crippen MR) is 110 cm³/mol. The lowest BCUT2D eigenvalue weighted by atomic mass is 10.2. The summed E-state index contributed by atoms with van der Waals surface area (Å²) in [6.07, 6.45) is 1.60. The van der Waals surface area contributed by atoms with Crippen molar-refractivity contribution in [1.29, 1.82) is 0 Å². The number of hydrogen-bond acceptors (Lipinski definition) is 7. The SMILES string of the molecule is COc1ccc(NC(=O)c2ccc(SCCN3CCOCC3)nc2)c(OC)c1. The van der Waals surface area contributed by atoms with E-state index in [9.17, 15) is 4.79 Å². The molecular weight excluding hydrogens is 378 g/mol. The monoisotopic (exact) mass is 403 g/mol. The van der Waals surface area contributed by atoms with E-state index in [2.05, 4.69) is 15.2 Å². The lowest BCUT2D eigenvalue weighted by Crippen LogP contribution is -2.37. The fourth-order valence-electron chi connectivity index (χ4n) is 2.80. The number of ether oxygens (including phenoxy) is 3. The van der Waals surface area contributed by atoms with Gasteiger partial charge in [0.05, 0.1) is 43.7 Å². The van der Waals surface area contributed by atoms with Crippen LogP contribution in [-0.2, 0) is 4.74 Å². The molecule has 1 aromatic carbocycles. The van der Waals surface area contributed by atoms with Gasteiger partial charge in [-0.1, -0.05) is 0 Å². The molecule has 0 saturated carbocycles. The first-order valence-electron chi connectivity index (χ1n) is 9.12. The number of aromatic nitrogens is 1. The van der Waals surface area contributed by atoms with Crippen molar-refractivity contribution in [2.75, 3.05) is 58.1 Å². The van der Waals surface area contributed by atoms with Crippen molar-refractivity contribution in [3.63, 3.8) is 0 Å². The molecule has 0 atom stereocenters. The van der Waals surface area contributed by atoms with Gasteiger partial charge in [0, 0.05) is 37.7 Å². The molecule has 1 aromatic heterocycles. The van der Waals surface area contributed by atoms with Crippen LogP contribution in [0.4, 0.5) is 5.69 Å². The zero-order valence-electron chi connectivity index (χ0n) is 16.1. The molecular formula is C20H25N3O4S. The maximum Gasteiger partial charge on any atom is 0.257 e. The minimum absolute atomic E-state index is 0.235. The second-order valence-electron chi connectivity index (χ2n) is 6.21. The number of thioether (sulfide) groups is 1. The third-order valence-electron chi connectivity index (χ3n) is 4.42. The van der Waals surface area contributed by atoms with Crippen LogP contribution in [0.1, 0.15) is 10.4 Å². The third-order valence-corrected chi connectivity index (χ3v) is 5.34. The molecule has 150 valence electrons. The van der Waals surface area contributed by atoms with Crippen molar-refractivity contribution in [2.24, 2.45) is 0 Å². The molecule has 3 rings (SSSR count). The van der Waals surface area contributed by atoms with Crippen LogP contribution in [0.15, 0.2) is 41.6 Å². The topological polar surface area (TPSA) is 72.9 Å². The maximum atomic E-state index is 12.5. The zero-order valence-corrected chi connectivity index (χ0v) is 17.0. The first-order chi connectivity index (χ1) is 13.7. The van der Waals surface area contributed by atoms with Gasteiger partial charge >= 0.3 is 0 Å². The molecule has 1 aliphatic rings. The Morgan fingerprint density at radius 3 is 2.71 bits per heavy atom. The molecule has 1 fully saturated rings. The number of anilines is 1. The normalized spacial score (nSPS) is 14.5. The number of carbonyl (C=O) groups is 1. The van der Waals surface area contributed by atoms with Crippen LogP contribution in [0.25, 0.3) is 0 Å². The highest BCUT2D eigenvalue weighted by Gasteiger charge is 2.12. The average molecular weight is 404 g/mol. The fraction of sp³-hybridized carbons (Fsp3) is 0.400. The van der Waals surface area contributed by atoms with Gasteiger partial charge in [-0.3, -0.25) is 9.69 Å². The molecule has 0 bridgehead atoms. The van der Waals surface area contributed by atoms with Gasteiger partial charge in [0.25, 0.3) is 5.91 Å². The van der Waals surface area contributed by atoms with Gasteiger partial charge in [-0.25, -0.2) is 4.98 Å². The van der Waals surface area contributed by atoms with Gasteiger partial charge < -0.3 is 19.5 Å². The molecule has 0 aliphatic carbocycles. The summed E-state index contributed by atoms with van der Waals surface area (Å²) in [6.45, 7) is 4.61. The van der Waals surface area contributed by atoms with Crippen LogP contribution < -0.4 is 14.8 Å². The Morgan fingerprint density at radius 1 is 1.21 bits per heavy atom. The number of benzene rings is 1. The van der Waals surface area contributed by atoms with Gasteiger partial charge in [0.2, 0.25) is 0 Å². The third kappa shape index (κ3) is 5.60. The molecule has 0 spiro atoms. The molecule has 1 N–H and O–H groups in total. The smallest absolute Gasteiger partial charge is 0.257 e. The van der Waals surface area contributed by atoms with Gasteiger partial charge in [-0.15, -0.1) is 11.8 Å². The van der Waals surface area contributed by atoms with Crippen molar-refractivity contribution in [1.82, 2.24) is 9.88 Å². The van der Waals surface area contributed by atoms with Gasteiger partial charge in [-0.2, -0.15) is 0 Å². The molecule has 28 heavy (non-hydrogen) atoms. The zero-order chi connectivity index (χ0) is 19.8. The number of nitrogens with zero attached hydrogens (tertiary/aromatic N) is 2. The van der Waals surface area contributed by atoms with Crippen molar-refractivity contribution in [3.05, 3.63) is 42.1 Å². The minimum Gasteiger partial charge on any atom is -0.497 e. The van der Waals surface area contributed by atoms with Crippen LogP contribution in [0, 0.1) is 0 Å². The van der Waals surface area contributed by atoms with Gasteiger partial charge in [0.1, 0.15) is 11.5 Å². The molecule has 1 saturated heterocycles. The van der Waals surface area contributed by atoms with E-state index < -0.39 is 0 Å². The van der Waals surface area contributed by atoms with Crippen LogP contribution in [0.2, 0.25) is 0 Å². The quantitative estimate of drug-likeness (QED) is 0.680. The van der Waals surface area contributed by atoms with Crippen molar-refractivity contribution in [3.8, 4) is 11.5 Å². The van der Waals surface area contributed by atoms with E-state index in [4.69, 9.17) is 14.2 Å². The molecule has 8 heteroatoms. The number of nitrogens with one attached hydrogen (secondary N) is 1. The van der Waals surface area contributed by atoms with E-state index >= 15 is 0 Å². The van der Waals surface area contributed by atoms with Crippen LogP contribution in [-0.4, -0.2) is 68.6 Å². The first kappa shape index (κ1) is 20.4. The maximum absolute atomic E-state index is 12.5. The fourth-order valence-corrected chi connectivity index (χ4v) is 3.65. The van der Waals surface area contributed by atoms with Crippen molar-refractivity contribution >= 4 is 23.4 Å². The number of rotatable bonds is 8. The van der Waals surface area contributed by atoms with Crippen LogP contribution in [0.5, 0.6) is 11.5 Å². The number of methoxy groups -OCH3 is 2. The number of hydrogen-bond donors (Lipinski definition) is 1. The summed E-state index contributed by atoms with van der Waals surface area (Å²) >= 11 is 1.69. The van der Waals surface area contributed by atoms with Crippen LogP contribution in [0.3, 0.4) is 0 Å². The highest BCUT2D eigenvalue weighted by Crippen LogP contribution is 2.29. The van der Waals surface area contributed by atoms with Gasteiger partial charge in [0.15, 0.2) is 0 Å². The largest absolute Gasteiger partial charge is 0.497 e. The van der Waals surface area contributed by atoms with E-state index in [1.807, 2.05) is 6.07 Å². The van der Waals surface area contributed by atoms with Crippen molar-refractivity contribution < 1.29 is 19.0 Å². The number of amides is 1. The number of carbonyl (C=O) groups excluding carboxylic acids is 1. The highest BCUT2D eigenvalue weighted by atomic mass is 32.2. The van der Waals surface area contributed by atoms with E-state index in [0.717, 1.165) is 43.6 Å². The summed E-state index contributed by atoms with van der Waals surface area (Å²) in [5, 5.41) is 3.76. The average Bonchev–Trinajstić information content (AvgIpc) is 2.75. The van der Waals surface area contributed by atoms with E-state index in [1.165, 1.54) is 0 Å². The molecule has 7 nitrogen and oxygen atoms in total. The van der Waals surface area contributed by atoms with E-state index in [0.29, 0.717) is 22.7 Å². The number of pyridine rings is 1. The summed E-state index contributed by atoms with van der Waals surface area (Å²) in [7, 11) is 3.13. The van der Waals surface area contributed by atoms with Crippen LogP contribution >= 0.6 is 11.8 Å². The van der Waals surface area contributed by atoms with E-state index in [1.54, 1.807) is 56.4 Å². The summed E-state index contributed by atoms with van der Waals surface area (Å²) in [4.78, 5) is 19.3. The lowest BCUT2D eigenvalue weighted by molar-refractivity contribution is 0.0410. The van der Waals surface area contributed by atoms with Gasteiger partial charge in [-0.05, 0) is 24.3 Å². The Morgan fingerprint density at radius 2 is 2.04 bits per heavy atom. The number of morpholine rings is 1. The Balaban J connectivity index is 1.53. The molecule has 0 radical (unpaired) electrons. The molecule has 2 heterocycles. The summed E-state index contributed by atoms with van der Waals surface area (Å²) in [5.41, 5.74) is 1.08. The lowest BCUT2D eigenvalue weighted by Gasteiger charge is -2.26. The molecule has 1 aliphatic heterocycles. The Bertz CT molecular complexity index is 780. The minimum atomic E-state index is -0.235. The molecule has 0 unspecified atom stereocenters. The Kier molecular flexibility index (Phi) is 7.53. The second-order valence-corrected chi connectivity index (χ2v) is 7.32. The Labute approximate surface area is 169 Å².